The molecule has 102 valence electrons. The second-order valence-corrected chi connectivity index (χ2v) is 4.93. The Morgan fingerprint density at radius 2 is 1.89 bits per heavy atom. The fourth-order valence-corrected chi connectivity index (χ4v) is 2.15. The Labute approximate surface area is 105 Å². The summed E-state index contributed by atoms with van der Waals surface area (Å²) in [6.07, 6.45) is 3.41. The van der Waals surface area contributed by atoms with Crippen LogP contribution in [-0.4, -0.2) is 34.6 Å². The smallest absolute Gasteiger partial charge is 0.326 e. The first-order chi connectivity index (χ1) is 8.32. The van der Waals surface area contributed by atoms with Gasteiger partial charge in [0, 0.05) is 5.54 Å². The molecule has 7 heteroatoms. The van der Waals surface area contributed by atoms with Gasteiger partial charge < -0.3 is 21.5 Å². The molecule has 1 rings (SSSR count). The highest BCUT2D eigenvalue weighted by molar-refractivity contribution is 5.87. The molecule has 18 heavy (non-hydrogen) atoms. The Morgan fingerprint density at radius 3 is 2.33 bits per heavy atom. The molecule has 0 aliphatic heterocycles. The third-order valence-electron chi connectivity index (χ3n) is 3.13. The minimum Gasteiger partial charge on any atom is -0.480 e. The van der Waals surface area contributed by atoms with Crippen LogP contribution < -0.4 is 16.4 Å². The zero-order valence-electron chi connectivity index (χ0n) is 10.4. The maximum Gasteiger partial charge on any atom is 0.326 e. The number of rotatable bonds is 5. The predicted molar refractivity (Wildman–Crippen MR) is 63.8 cm³/mol. The summed E-state index contributed by atoms with van der Waals surface area (Å²) in [5, 5.41) is 13.8. The van der Waals surface area contributed by atoms with Crippen LogP contribution in [0.5, 0.6) is 0 Å². The van der Waals surface area contributed by atoms with Gasteiger partial charge in [0.2, 0.25) is 5.91 Å². The Bertz CT molecular complexity index is 350. The number of carbonyl (C=O) groups excluding carboxylic acids is 2. The summed E-state index contributed by atoms with van der Waals surface area (Å²) in [4.78, 5) is 33.2. The van der Waals surface area contributed by atoms with Crippen molar-refractivity contribution in [2.24, 2.45) is 5.73 Å². The van der Waals surface area contributed by atoms with E-state index in [-0.39, 0.29) is 5.54 Å². The first kappa shape index (κ1) is 14.3. The standard InChI is InChI=1S/C11H19N3O4/c1-11(4-2-3-5-11)14-10(18)13-7(9(16)17)6-8(12)15/h7H,2-6H2,1H3,(H2,12,15)(H,16,17)(H2,13,14,18). The maximum atomic E-state index is 11.7. The molecule has 0 aromatic heterocycles. The molecule has 1 atom stereocenters. The molecule has 3 amide bonds. The van der Waals surface area contributed by atoms with Crippen molar-refractivity contribution in [2.45, 2.75) is 50.6 Å². The van der Waals surface area contributed by atoms with E-state index in [2.05, 4.69) is 10.6 Å². The molecule has 1 unspecified atom stereocenters. The van der Waals surface area contributed by atoms with Gasteiger partial charge in [-0.05, 0) is 19.8 Å². The minimum absolute atomic E-state index is 0.292. The third kappa shape index (κ3) is 4.23. The minimum atomic E-state index is -1.28. The molecule has 0 aromatic rings. The number of aliphatic carboxylic acids is 1. The van der Waals surface area contributed by atoms with Crippen LogP contribution in [0.2, 0.25) is 0 Å². The van der Waals surface area contributed by atoms with Crippen molar-refractivity contribution >= 4 is 17.9 Å². The Morgan fingerprint density at radius 1 is 1.33 bits per heavy atom. The molecule has 0 saturated heterocycles. The lowest BCUT2D eigenvalue weighted by atomic mass is 10.0. The zero-order chi connectivity index (χ0) is 13.8. The van der Waals surface area contributed by atoms with Crippen molar-refractivity contribution in [1.29, 1.82) is 0 Å². The molecule has 5 N–H and O–H groups in total. The monoisotopic (exact) mass is 257 g/mol. The van der Waals surface area contributed by atoms with Crippen LogP contribution in [0.1, 0.15) is 39.0 Å². The zero-order valence-corrected chi connectivity index (χ0v) is 10.4. The van der Waals surface area contributed by atoms with Gasteiger partial charge in [-0.2, -0.15) is 0 Å². The van der Waals surface area contributed by atoms with E-state index in [0.717, 1.165) is 25.7 Å². The Hall–Kier alpha value is -1.79. The highest BCUT2D eigenvalue weighted by atomic mass is 16.4. The van der Waals surface area contributed by atoms with Gasteiger partial charge in [-0.15, -0.1) is 0 Å². The number of amides is 3. The van der Waals surface area contributed by atoms with E-state index < -0.39 is 30.4 Å². The molecule has 0 radical (unpaired) electrons. The summed E-state index contributed by atoms with van der Waals surface area (Å²) >= 11 is 0. The van der Waals surface area contributed by atoms with Gasteiger partial charge in [0.25, 0.3) is 0 Å². The fourth-order valence-electron chi connectivity index (χ4n) is 2.15. The van der Waals surface area contributed by atoms with Crippen LogP contribution in [0.15, 0.2) is 0 Å². The molecular formula is C11H19N3O4. The first-order valence-electron chi connectivity index (χ1n) is 5.92. The third-order valence-corrected chi connectivity index (χ3v) is 3.13. The van der Waals surface area contributed by atoms with Crippen LogP contribution in [0.25, 0.3) is 0 Å². The second-order valence-electron chi connectivity index (χ2n) is 4.93. The van der Waals surface area contributed by atoms with Crippen molar-refractivity contribution in [2.75, 3.05) is 0 Å². The van der Waals surface area contributed by atoms with Crippen molar-refractivity contribution in [3.8, 4) is 0 Å². The highest BCUT2D eigenvalue weighted by Crippen LogP contribution is 2.28. The first-order valence-corrected chi connectivity index (χ1v) is 5.92. The summed E-state index contributed by atoms with van der Waals surface area (Å²) in [5.74, 6) is -2.05. The molecule has 1 saturated carbocycles. The number of carbonyl (C=O) groups is 3. The summed E-state index contributed by atoms with van der Waals surface area (Å²) in [6.45, 7) is 1.92. The lowest BCUT2D eigenvalue weighted by Gasteiger charge is -2.26. The highest BCUT2D eigenvalue weighted by Gasteiger charge is 2.31. The van der Waals surface area contributed by atoms with Crippen LogP contribution >= 0.6 is 0 Å². The average molecular weight is 257 g/mol. The summed E-state index contributed by atoms with van der Waals surface area (Å²) in [7, 11) is 0. The van der Waals surface area contributed by atoms with Crippen LogP contribution in [0.4, 0.5) is 4.79 Å². The van der Waals surface area contributed by atoms with Crippen molar-refractivity contribution in [1.82, 2.24) is 10.6 Å². The van der Waals surface area contributed by atoms with Crippen molar-refractivity contribution in [3.63, 3.8) is 0 Å². The van der Waals surface area contributed by atoms with Gasteiger partial charge in [0.1, 0.15) is 6.04 Å². The number of primary amides is 1. The van der Waals surface area contributed by atoms with Gasteiger partial charge in [-0.25, -0.2) is 9.59 Å². The van der Waals surface area contributed by atoms with E-state index in [0.29, 0.717) is 0 Å². The molecular weight excluding hydrogens is 238 g/mol. The largest absolute Gasteiger partial charge is 0.480 e. The number of nitrogens with two attached hydrogens (primary N) is 1. The molecule has 0 heterocycles. The number of nitrogens with one attached hydrogen (secondary N) is 2. The number of carboxylic acids is 1. The lowest BCUT2D eigenvalue weighted by Crippen LogP contribution is -2.53. The number of hydrogen-bond acceptors (Lipinski definition) is 3. The van der Waals surface area contributed by atoms with E-state index in [9.17, 15) is 14.4 Å². The van der Waals surface area contributed by atoms with E-state index in [1.807, 2.05) is 6.92 Å². The van der Waals surface area contributed by atoms with Gasteiger partial charge in [-0.3, -0.25) is 4.79 Å². The molecule has 0 bridgehead atoms. The van der Waals surface area contributed by atoms with Gasteiger partial charge >= 0.3 is 12.0 Å². The number of urea groups is 1. The van der Waals surface area contributed by atoms with Gasteiger partial charge in [-0.1, -0.05) is 12.8 Å². The van der Waals surface area contributed by atoms with Crippen LogP contribution in [0.3, 0.4) is 0 Å². The SMILES string of the molecule is CC1(NC(=O)NC(CC(N)=O)C(=O)O)CCCC1. The molecule has 7 nitrogen and oxygen atoms in total. The molecule has 1 aliphatic rings. The summed E-state index contributed by atoms with van der Waals surface area (Å²) in [5.41, 5.74) is 4.63. The molecule has 0 aromatic carbocycles. The average Bonchev–Trinajstić information content (AvgIpc) is 2.62. The summed E-state index contributed by atoms with van der Waals surface area (Å²) in [6, 6.07) is -1.86. The van der Waals surface area contributed by atoms with E-state index in [1.54, 1.807) is 0 Å². The molecule has 1 aliphatic carbocycles. The van der Waals surface area contributed by atoms with E-state index in [4.69, 9.17) is 10.8 Å². The molecule has 1 fully saturated rings. The molecule has 0 spiro atoms. The van der Waals surface area contributed by atoms with E-state index >= 15 is 0 Å². The summed E-state index contributed by atoms with van der Waals surface area (Å²) < 4.78 is 0. The Kier molecular flexibility index (Phi) is 4.52. The predicted octanol–water partition coefficient (Wildman–Crippen LogP) is -0.0531. The lowest BCUT2D eigenvalue weighted by molar-refractivity contribution is -0.140. The second kappa shape index (κ2) is 5.70. The maximum absolute atomic E-state index is 11.7. The van der Waals surface area contributed by atoms with Gasteiger partial charge in [0.05, 0.1) is 6.42 Å². The normalized spacial score (nSPS) is 18.9. The van der Waals surface area contributed by atoms with Crippen molar-refractivity contribution in [3.05, 3.63) is 0 Å². The number of carboxylic acid groups (broad SMARTS) is 1. The fraction of sp³-hybridized carbons (Fsp3) is 0.727. The topological polar surface area (TPSA) is 122 Å². The van der Waals surface area contributed by atoms with E-state index in [1.165, 1.54) is 0 Å². The van der Waals surface area contributed by atoms with Crippen LogP contribution in [0, 0.1) is 0 Å². The number of hydrogen-bond donors (Lipinski definition) is 4. The van der Waals surface area contributed by atoms with Crippen LogP contribution in [-0.2, 0) is 9.59 Å². The quantitative estimate of drug-likeness (QED) is 0.551. The van der Waals surface area contributed by atoms with Gasteiger partial charge in [0.15, 0.2) is 0 Å². The van der Waals surface area contributed by atoms with Crippen molar-refractivity contribution < 1.29 is 19.5 Å². The Balaban J connectivity index is 2.50.